The Bertz CT molecular complexity index is 3190. The van der Waals surface area contributed by atoms with Crippen molar-refractivity contribution in [2.45, 2.75) is 19.6 Å². The molecule has 1 aromatic heterocycles. The third-order valence-corrected chi connectivity index (χ3v) is 13.6. The first-order valence-corrected chi connectivity index (χ1v) is 23.4. The molecule has 0 unspecified atom stereocenters. The first kappa shape index (κ1) is 34.2. The molecule has 4 nitrogen and oxygen atoms in total. The van der Waals surface area contributed by atoms with Gasteiger partial charge in [0.15, 0.2) is 0 Å². The van der Waals surface area contributed by atoms with Crippen LogP contribution in [-0.4, -0.2) is 8.07 Å². The van der Waals surface area contributed by atoms with Crippen LogP contribution in [0.1, 0.15) is 0 Å². The van der Waals surface area contributed by atoms with Crippen molar-refractivity contribution in [3.05, 3.63) is 188 Å². The Labute approximate surface area is 338 Å². The summed E-state index contributed by atoms with van der Waals surface area (Å²) in [5.41, 5.74) is 10.6. The van der Waals surface area contributed by atoms with Crippen molar-refractivity contribution in [1.82, 2.24) is 0 Å². The zero-order valence-corrected chi connectivity index (χ0v) is 33.6. The molecule has 2 heterocycles. The van der Waals surface area contributed by atoms with Crippen LogP contribution in [-0.2, 0) is 0 Å². The quantitative estimate of drug-likeness (QED) is 0.119. The Kier molecular flexibility index (Phi) is 7.82. The second-order valence-corrected chi connectivity index (χ2v) is 21.3. The Morgan fingerprint density at radius 2 is 0.948 bits per heavy atom. The van der Waals surface area contributed by atoms with Gasteiger partial charge in [0.05, 0.1) is 8.07 Å². The maximum atomic E-state index is 6.87. The lowest BCUT2D eigenvalue weighted by atomic mass is 9.90. The molecule has 0 fully saturated rings. The van der Waals surface area contributed by atoms with Gasteiger partial charge >= 0.3 is 0 Å². The third kappa shape index (κ3) is 5.66. The minimum absolute atomic E-state index is 0.852. The average Bonchev–Trinajstić information content (AvgIpc) is 3.63. The van der Waals surface area contributed by atoms with Crippen LogP contribution in [0.25, 0.3) is 54.6 Å². The maximum Gasteiger partial charge on any atom is 0.137 e. The molecule has 58 heavy (non-hydrogen) atoms. The summed E-state index contributed by atoms with van der Waals surface area (Å²) in [5, 5.41) is 8.31. The van der Waals surface area contributed by atoms with E-state index in [-0.39, 0.29) is 0 Å². The summed E-state index contributed by atoms with van der Waals surface area (Å²) in [6, 6.07) is 67.3. The van der Waals surface area contributed by atoms with Gasteiger partial charge in [-0.1, -0.05) is 110 Å². The minimum Gasteiger partial charge on any atom is -0.456 e. The molecule has 0 N–H and O–H groups in total. The summed E-state index contributed by atoms with van der Waals surface area (Å²) in [5.74, 6) is 1.72. The first-order valence-electron chi connectivity index (χ1n) is 19.9. The summed E-state index contributed by atoms with van der Waals surface area (Å²) in [6.07, 6.45) is 0. The van der Waals surface area contributed by atoms with E-state index in [1.807, 2.05) is 12.1 Å². The Balaban J connectivity index is 1.04. The monoisotopic (exact) mass is 764 g/mol. The standard InChI is InChI=1S/C53H40N2O2Si/c1-58(2,3)42-27-23-38(24-28-42)54(36-13-6-4-7-14-36)41-25-29-44-48-31-35-21-22-39(32-46(35)45-18-12-20-51(53(45)48)57-52(44)34-41)55(37-15-8-5-9-16-37)40-26-30-50-47(33-40)43-17-10-11-19-49(43)56-50/h4-34H,1-3H3. The van der Waals surface area contributed by atoms with Gasteiger partial charge in [0.25, 0.3) is 0 Å². The van der Waals surface area contributed by atoms with Crippen LogP contribution >= 0.6 is 0 Å². The van der Waals surface area contributed by atoms with E-state index in [1.54, 1.807) is 0 Å². The highest BCUT2D eigenvalue weighted by Gasteiger charge is 2.25. The van der Waals surface area contributed by atoms with Crippen molar-refractivity contribution < 1.29 is 9.15 Å². The van der Waals surface area contributed by atoms with Crippen LogP contribution in [0, 0.1) is 0 Å². The van der Waals surface area contributed by atoms with Crippen LogP contribution in [0.3, 0.4) is 0 Å². The lowest BCUT2D eigenvalue weighted by Gasteiger charge is -2.29. The van der Waals surface area contributed by atoms with Gasteiger partial charge in [-0.15, -0.1) is 0 Å². The Morgan fingerprint density at radius 1 is 0.379 bits per heavy atom. The molecule has 11 rings (SSSR count). The number of benzene rings is 9. The number of rotatable bonds is 7. The topological polar surface area (TPSA) is 28.9 Å². The van der Waals surface area contributed by atoms with E-state index in [0.717, 1.165) is 78.5 Å². The lowest BCUT2D eigenvalue weighted by Crippen LogP contribution is -2.37. The number of furan rings is 1. The maximum absolute atomic E-state index is 6.87. The first-order chi connectivity index (χ1) is 28.4. The van der Waals surface area contributed by atoms with Gasteiger partial charge < -0.3 is 19.0 Å². The Morgan fingerprint density at radius 3 is 1.69 bits per heavy atom. The van der Waals surface area contributed by atoms with Gasteiger partial charge in [-0.3, -0.25) is 0 Å². The summed E-state index contributed by atoms with van der Waals surface area (Å²) in [7, 11) is -1.44. The number of nitrogens with zero attached hydrogens (tertiary/aromatic N) is 2. The molecular weight excluding hydrogens is 725 g/mol. The van der Waals surface area contributed by atoms with Crippen LogP contribution in [0.4, 0.5) is 34.1 Å². The lowest BCUT2D eigenvalue weighted by molar-refractivity contribution is 0.487. The van der Waals surface area contributed by atoms with Crippen molar-refractivity contribution in [3.63, 3.8) is 0 Å². The molecule has 0 atom stereocenters. The summed E-state index contributed by atoms with van der Waals surface area (Å²) < 4.78 is 13.1. The molecule has 5 heteroatoms. The summed E-state index contributed by atoms with van der Waals surface area (Å²) >= 11 is 0. The molecule has 0 bridgehead atoms. The predicted octanol–water partition coefficient (Wildman–Crippen LogP) is 15.1. The number of para-hydroxylation sites is 3. The van der Waals surface area contributed by atoms with E-state index in [2.05, 4.69) is 205 Å². The van der Waals surface area contributed by atoms with Crippen LogP contribution in [0.15, 0.2) is 192 Å². The molecule has 10 aromatic rings. The molecule has 0 saturated heterocycles. The summed E-state index contributed by atoms with van der Waals surface area (Å²) in [6.45, 7) is 7.17. The highest BCUT2D eigenvalue weighted by molar-refractivity contribution is 6.88. The fraction of sp³-hybridized carbons (Fsp3) is 0.0566. The van der Waals surface area contributed by atoms with E-state index >= 15 is 0 Å². The number of fused-ring (bicyclic) bond motifs is 7. The summed E-state index contributed by atoms with van der Waals surface area (Å²) in [4.78, 5) is 4.65. The van der Waals surface area contributed by atoms with Gasteiger partial charge in [-0.05, 0) is 119 Å². The molecule has 278 valence electrons. The van der Waals surface area contributed by atoms with Crippen LogP contribution in [0.2, 0.25) is 19.6 Å². The van der Waals surface area contributed by atoms with Crippen LogP contribution < -0.4 is 19.7 Å². The number of ether oxygens (including phenoxy) is 1. The molecule has 1 aliphatic rings. The van der Waals surface area contributed by atoms with Crippen molar-refractivity contribution in [3.8, 4) is 22.6 Å². The molecule has 0 spiro atoms. The predicted molar refractivity (Wildman–Crippen MR) is 247 cm³/mol. The van der Waals surface area contributed by atoms with Gasteiger partial charge in [0.2, 0.25) is 0 Å². The van der Waals surface area contributed by atoms with E-state index in [4.69, 9.17) is 9.15 Å². The molecule has 0 radical (unpaired) electrons. The zero-order valence-electron chi connectivity index (χ0n) is 32.6. The normalized spacial score (nSPS) is 12.2. The van der Waals surface area contributed by atoms with Crippen molar-refractivity contribution >= 4 is 90.9 Å². The smallest absolute Gasteiger partial charge is 0.137 e. The highest BCUT2D eigenvalue weighted by Crippen LogP contribution is 2.51. The van der Waals surface area contributed by atoms with Crippen molar-refractivity contribution in [2.24, 2.45) is 0 Å². The van der Waals surface area contributed by atoms with Gasteiger partial charge in [-0.2, -0.15) is 0 Å². The van der Waals surface area contributed by atoms with E-state index in [0.29, 0.717) is 0 Å². The van der Waals surface area contributed by atoms with Gasteiger partial charge in [0.1, 0.15) is 22.7 Å². The van der Waals surface area contributed by atoms with E-state index in [1.165, 1.54) is 26.9 Å². The molecule has 0 aliphatic carbocycles. The zero-order chi connectivity index (χ0) is 39.0. The fourth-order valence-electron chi connectivity index (χ4n) is 8.69. The van der Waals surface area contributed by atoms with Crippen molar-refractivity contribution in [1.29, 1.82) is 0 Å². The minimum atomic E-state index is -1.44. The molecule has 1 aliphatic heterocycles. The molecule has 0 amide bonds. The average molecular weight is 765 g/mol. The fourth-order valence-corrected chi connectivity index (χ4v) is 9.86. The van der Waals surface area contributed by atoms with Crippen LogP contribution in [0.5, 0.6) is 11.5 Å². The number of hydrogen-bond donors (Lipinski definition) is 0. The molecule has 9 aromatic carbocycles. The van der Waals surface area contributed by atoms with E-state index in [9.17, 15) is 0 Å². The second-order valence-electron chi connectivity index (χ2n) is 16.2. The van der Waals surface area contributed by atoms with E-state index < -0.39 is 8.07 Å². The molecular formula is C53H40N2O2Si. The number of anilines is 6. The largest absolute Gasteiger partial charge is 0.456 e. The Hall–Kier alpha value is -7.08. The molecule has 0 saturated carbocycles. The second kappa shape index (κ2) is 13.3. The SMILES string of the molecule is C[Si](C)(C)c1ccc(N(c2ccccc2)c2ccc3c(c2)Oc2cccc4c2c-3cc2ccc(N(c3ccccc3)c3ccc5oc6ccccc6c5c3)cc24)cc1. The van der Waals surface area contributed by atoms with Crippen molar-refractivity contribution in [2.75, 3.05) is 9.80 Å². The van der Waals surface area contributed by atoms with Gasteiger partial charge in [0, 0.05) is 61.9 Å². The number of hydrogen-bond acceptors (Lipinski definition) is 4. The third-order valence-electron chi connectivity index (χ3n) is 11.6. The highest BCUT2D eigenvalue weighted by atomic mass is 28.3. The van der Waals surface area contributed by atoms with Gasteiger partial charge in [-0.25, -0.2) is 0 Å².